The zero-order valence-electron chi connectivity index (χ0n) is 13.8. The summed E-state index contributed by atoms with van der Waals surface area (Å²) in [5.41, 5.74) is -0.240. The number of carbonyl (C=O) groups is 1. The van der Waals surface area contributed by atoms with Gasteiger partial charge >= 0.3 is 0 Å². The Kier molecular flexibility index (Phi) is 8.20. The zero-order chi connectivity index (χ0) is 14.8. The van der Waals surface area contributed by atoms with Crippen LogP contribution in [0.3, 0.4) is 0 Å². The van der Waals surface area contributed by atoms with Gasteiger partial charge in [0.1, 0.15) is 0 Å². The van der Waals surface area contributed by atoms with Crippen LogP contribution >= 0.6 is 0 Å². The van der Waals surface area contributed by atoms with E-state index in [0.717, 1.165) is 26.1 Å². The van der Waals surface area contributed by atoms with Crippen molar-refractivity contribution >= 4 is 5.91 Å². The molecule has 1 fully saturated rings. The van der Waals surface area contributed by atoms with E-state index in [1.54, 1.807) is 0 Å². The first-order valence-electron chi connectivity index (χ1n) is 8.58. The zero-order valence-corrected chi connectivity index (χ0v) is 13.8. The van der Waals surface area contributed by atoms with Gasteiger partial charge in [0.25, 0.3) is 0 Å². The van der Waals surface area contributed by atoms with Gasteiger partial charge in [0.05, 0.1) is 0 Å². The lowest BCUT2D eigenvalue weighted by molar-refractivity contribution is -0.132. The quantitative estimate of drug-likeness (QED) is 0.636. The third-order valence-electron chi connectivity index (χ3n) is 4.72. The molecule has 2 N–H and O–H groups in total. The molecular formula is C17H34N2O. The van der Waals surface area contributed by atoms with E-state index < -0.39 is 0 Å². The van der Waals surface area contributed by atoms with Gasteiger partial charge in [-0.25, -0.2) is 0 Å². The van der Waals surface area contributed by atoms with E-state index in [2.05, 4.69) is 31.4 Å². The molecule has 0 spiro atoms. The summed E-state index contributed by atoms with van der Waals surface area (Å²) in [6.07, 6.45) is 10.0. The highest BCUT2D eigenvalue weighted by molar-refractivity contribution is 5.82. The molecular weight excluding hydrogens is 248 g/mol. The van der Waals surface area contributed by atoms with Crippen molar-refractivity contribution in [1.29, 1.82) is 0 Å². The van der Waals surface area contributed by atoms with Gasteiger partial charge in [-0.15, -0.1) is 0 Å². The molecule has 1 saturated heterocycles. The van der Waals surface area contributed by atoms with Crippen LogP contribution in [-0.4, -0.2) is 25.5 Å². The minimum Gasteiger partial charge on any atom is -0.356 e. The molecule has 3 nitrogen and oxygen atoms in total. The summed E-state index contributed by atoms with van der Waals surface area (Å²) in [7, 11) is 0. The lowest BCUT2D eigenvalue weighted by Gasteiger charge is -2.36. The highest BCUT2D eigenvalue weighted by atomic mass is 16.2. The summed E-state index contributed by atoms with van der Waals surface area (Å²) in [6.45, 7) is 9.36. The first-order chi connectivity index (χ1) is 9.59. The molecule has 118 valence electrons. The minimum absolute atomic E-state index is 0.236. The first-order valence-corrected chi connectivity index (χ1v) is 8.58. The van der Waals surface area contributed by atoms with Crippen molar-refractivity contribution in [2.45, 2.75) is 72.1 Å². The van der Waals surface area contributed by atoms with Crippen LogP contribution in [0.15, 0.2) is 0 Å². The third kappa shape index (κ3) is 5.82. The maximum atomic E-state index is 12.4. The Labute approximate surface area is 125 Å². The predicted octanol–water partition coefficient (Wildman–Crippen LogP) is 3.49. The summed E-state index contributed by atoms with van der Waals surface area (Å²) >= 11 is 0. The van der Waals surface area contributed by atoms with Crippen molar-refractivity contribution in [2.24, 2.45) is 11.3 Å². The van der Waals surface area contributed by atoms with Crippen LogP contribution in [0, 0.1) is 11.3 Å². The average Bonchev–Trinajstić information content (AvgIpc) is 2.47. The van der Waals surface area contributed by atoms with Crippen molar-refractivity contribution in [3.8, 4) is 0 Å². The van der Waals surface area contributed by atoms with Gasteiger partial charge in [0.15, 0.2) is 0 Å². The second-order valence-electron chi connectivity index (χ2n) is 6.79. The van der Waals surface area contributed by atoms with Crippen LogP contribution < -0.4 is 10.6 Å². The number of rotatable bonds is 9. The molecule has 1 amide bonds. The topological polar surface area (TPSA) is 41.1 Å². The number of hydrogen-bond donors (Lipinski definition) is 2. The molecule has 1 aliphatic heterocycles. The van der Waals surface area contributed by atoms with E-state index in [4.69, 9.17) is 0 Å². The Bertz CT molecular complexity index is 270. The van der Waals surface area contributed by atoms with E-state index in [1.807, 2.05) is 0 Å². The molecule has 1 rings (SSSR count). The lowest BCUT2D eigenvalue weighted by atomic mass is 9.74. The van der Waals surface area contributed by atoms with E-state index in [9.17, 15) is 4.79 Å². The Hall–Kier alpha value is -0.570. The Morgan fingerprint density at radius 3 is 2.55 bits per heavy atom. The molecule has 0 aromatic heterocycles. The fourth-order valence-corrected chi connectivity index (χ4v) is 2.99. The fraction of sp³-hybridized carbons (Fsp3) is 0.941. The Morgan fingerprint density at radius 1 is 1.20 bits per heavy atom. The largest absolute Gasteiger partial charge is 0.356 e. The van der Waals surface area contributed by atoms with Crippen LogP contribution in [0.5, 0.6) is 0 Å². The maximum Gasteiger partial charge on any atom is 0.225 e. The molecule has 1 aliphatic rings. The number of amides is 1. The molecule has 0 saturated carbocycles. The molecule has 0 radical (unpaired) electrons. The summed E-state index contributed by atoms with van der Waals surface area (Å²) in [5.74, 6) is 0.709. The second kappa shape index (κ2) is 9.38. The monoisotopic (exact) mass is 282 g/mol. The minimum atomic E-state index is -0.240. The SMILES string of the molecule is CCCCCCCCNC(=O)C(C)(C)C1CCCNC1. The van der Waals surface area contributed by atoms with Gasteiger partial charge < -0.3 is 10.6 Å². The van der Waals surface area contributed by atoms with Crippen LogP contribution in [0.1, 0.15) is 72.1 Å². The fourth-order valence-electron chi connectivity index (χ4n) is 2.99. The van der Waals surface area contributed by atoms with Crippen molar-refractivity contribution in [1.82, 2.24) is 10.6 Å². The predicted molar refractivity (Wildman–Crippen MR) is 85.8 cm³/mol. The maximum absolute atomic E-state index is 12.4. The molecule has 1 heterocycles. The Balaban J connectivity index is 2.17. The lowest BCUT2D eigenvalue weighted by Crippen LogP contribution is -2.47. The second-order valence-corrected chi connectivity index (χ2v) is 6.79. The smallest absolute Gasteiger partial charge is 0.225 e. The van der Waals surface area contributed by atoms with Crippen LogP contribution in [0.25, 0.3) is 0 Å². The van der Waals surface area contributed by atoms with Crippen LogP contribution in [0.2, 0.25) is 0 Å². The van der Waals surface area contributed by atoms with Gasteiger partial charge in [-0.2, -0.15) is 0 Å². The van der Waals surface area contributed by atoms with Crippen LogP contribution in [0.4, 0.5) is 0 Å². The van der Waals surface area contributed by atoms with E-state index in [1.165, 1.54) is 44.9 Å². The molecule has 1 atom stereocenters. The number of hydrogen-bond acceptors (Lipinski definition) is 2. The molecule has 0 aliphatic carbocycles. The normalized spacial score (nSPS) is 19.9. The first kappa shape index (κ1) is 17.5. The van der Waals surface area contributed by atoms with Gasteiger partial charge in [-0.05, 0) is 38.3 Å². The number of unbranched alkanes of at least 4 members (excludes halogenated alkanes) is 5. The number of piperidine rings is 1. The van der Waals surface area contributed by atoms with Crippen LogP contribution in [-0.2, 0) is 4.79 Å². The van der Waals surface area contributed by atoms with Crippen molar-refractivity contribution in [3.63, 3.8) is 0 Å². The highest BCUT2D eigenvalue weighted by Crippen LogP contribution is 2.31. The van der Waals surface area contributed by atoms with E-state index >= 15 is 0 Å². The molecule has 20 heavy (non-hydrogen) atoms. The molecule has 3 heteroatoms. The number of nitrogens with one attached hydrogen (secondary N) is 2. The van der Waals surface area contributed by atoms with Crippen molar-refractivity contribution in [2.75, 3.05) is 19.6 Å². The molecule has 0 bridgehead atoms. The van der Waals surface area contributed by atoms with Gasteiger partial charge in [-0.3, -0.25) is 4.79 Å². The van der Waals surface area contributed by atoms with Gasteiger partial charge in [-0.1, -0.05) is 52.9 Å². The Morgan fingerprint density at radius 2 is 1.90 bits per heavy atom. The van der Waals surface area contributed by atoms with Gasteiger partial charge in [0.2, 0.25) is 5.91 Å². The highest BCUT2D eigenvalue weighted by Gasteiger charge is 2.36. The van der Waals surface area contributed by atoms with Crippen molar-refractivity contribution < 1.29 is 4.79 Å². The number of carbonyl (C=O) groups excluding carboxylic acids is 1. The summed E-state index contributed by atoms with van der Waals surface area (Å²) in [5, 5.41) is 6.56. The summed E-state index contributed by atoms with van der Waals surface area (Å²) < 4.78 is 0. The summed E-state index contributed by atoms with van der Waals surface area (Å²) in [4.78, 5) is 12.4. The standard InChI is InChI=1S/C17H34N2O/c1-4-5-6-7-8-9-13-19-16(20)17(2,3)15-11-10-12-18-14-15/h15,18H,4-14H2,1-3H3,(H,19,20). The van der Waals surface area contributed by atoms with E-state index in [-0.39, 0.29) is 11.3 Å². The van der Waals surface area contributed by atoms with Gasteiger partial charge in [0, 0.05) is 12.0 Å². The molecule has 1 unspecified atom stereocenters. The average molecular weight is 282 g/mol. The molecule has 0 aromatic carbocycles. The van der Waals surface area contributed by atoms with E-state index in [0.29, 0.717) is 5.92 Å². The summed E-state index contributed by atoms with van der Waals surface area (Å²) in [6, 6.07) is 0. The van der Waals surface area contributed by atoms with Crippen molar-refractivity contribution in [3.05, 3.63) is 0 Å². The third-order valence-corrected chi connectivity index (χ3v) is 4.72. The molecule has 0 aromatic rings.